The molecule has 1 amide bonds. The summed E-state index contributed by atoms with van der Waals surface area (Å²) in [6, 6.07) is 1.60. The SMILES string of the molecule is Cc1cnc(NC2CCN(C)C2=O)cc1N. The molecule has 86 valence electrons. The average Bonchev–Trinajstić information content (AvgIpc) is 2.55. The third kappa shape index (κ3) is 1.93. The number of anilines is 2. The van der Waals surface area contributed by atoms with Crippen LogP contribution in [0.5, 0.6) is 0 Å². The molecule has 5 nitrogen and oxygen atoms in total. The van der Waals surface area contributed by atoms with E-state index in [4.69, 9.17) is 5.73 Å². The first-order chi connectivity index (χ1) is 7.58. The molecule has 0 aliphatic carbocycles. The summed E-state index contributed by atoms with van der Waals surface area (Å²) in [4.78, 5) is 17.6. The molecule has 2 heterocycles. The summed E-state index contributed by atoms with van der Waals surface area (Å²) in [5.74, 6) is 0.776. The first kappa shape index (κ1) is 10.7. The number of carbonyl (C=O) groups excluding carboxylic acids is 1. The number of aryl methyl sites for hydroxylation is 1. The van der Waals surface area contributed by atoms with Gasteiger partial charge < -0.3 is 16.0 Å². The highest BCUT2D eigenvalue weighted by molar-refractivity contribution is 5.86. The molecule has 16 heavy (non-hydrogen) atoms. The molecule has 3 N–H and O–H groups in total. The molecule has 1 aliphatic rings. The zero-order valence-corrected chi connectivity index (χ0v) is 9.53. The molecule has 1 atom stereocenters. The second-order valence-corrected chi connectivity index (χ2v) is 4.17. The van der Waals surface area contributed by atoms with Crippen molar-refractivity contribution in [3.63, 3.8) is 0 Å². The maximum Gasteiger partial charge on any atom is 0.244 e. The highest BCUT2D eigenvalue weighted by Crippen LogP contribution is 2.17. The van der Waals surface area contributed by atoms with Crippen LogP contribution in [0.2, 0.25) is 0 Å². The second kappa shape index (κ2) is 4.00. The van der Waals surface area contributed by atoms with Gasteiger partial charge >= 0.3 is 0 Å². The smallest absolute Gasteiger partial charge is 0.244 e. The summed E-state index contributed by atoms with van der Waals surface area (Å²) in [5, 5.41) is 3.11. The van der Waals surface area contributed by atoms with Crippen LogP contribution in [-0.4, -0.2) is 35.4 Å². The largest absolute Gasteiger partial charge is 0.398 e. The number of nitrogens with one attached hydrogen (secondary N) is 1. The summed E-state index contributed by atoms with van der Waals surface area (Å²) in [6.45, 7) is 2.69. The highest BCUT2D eigenvalue weighted by atomic mass is 16.2. The first-order valence-corrected chi connectivity index (χ1v) is 5.31. The summed E-state index contributed by atoms with van der Waals surface area (Å²) in [5.41, 5.74) is 7.42. The zero-order valence-electron chi connectivity index (χ0n) is 9.53. The van der Waals surface area contributed by atoms with Crippen molar-refractivity contribution in [2.75, 3.05) is 24.6 Å². The zero-order chi connectivity index (χ0) is 11.7. The Morgan fingerprint density at radius 3 is 2.94 bits per heavy atom. The average molecular weight is 220 g/mol. The lowest BCUT2D eigenvalue weighted by Crippen LogP contribution is -2.31. The van der Waals surface area contributed by atoms with Crippen LogP contribution < -0.4 is 11.1 Å². The minimum atomic E-state index is -0.167. The molecule has 0 aromatic carbocycles. The predicted octanol–water partition coefficient (Wildman–Crippen LogP) is 0.615. The van der Waals surface area contributed by atoms with Crippen molar-refractivity contribution in [1.82, 2.24) is 9.88 Å². The molecule has 1 aromatic rings. The molecule has 0 spiro atoms. The first-order valence-electron chi connectivity index (χ1n) is 5.31. The van der Waals surface area contributed by atoms with Gasteiger partial charge in [-0.25, -0.2) is 4.98 Å². The lowest BCUT2D eigenvalue weighted by Gasteiger charge is -2.13. The van der Waals surface area contributed by atoms with Crippen molar-refractivity contribution in [2.45, 2.75) is 19.4 Å². The second-order valence-electron chi connectivity index (χ2n) is 4.17. The molecule has 1 saturated heterocycles. The fourth-order valence-electron chi connectivity index (χ4n) is 1.75. The molecule has 1 unspecified atom stereocenters. The minimum Gasteiger partial charge on any atom is -0.398 e. The van der Waals surface area contributed by atoms with E-state index in [9.17, 15) is 4.79 Å². The lowest BCUT2D eigenvalue weighted by atomic mass is 10.2. The van der Waals surface area contributed by atoms with Crippen LogP contribution in [0.3, 0.4) is 0 Å². The molecule has 0 bridgehead atoms. The Labute approximate surface area is 94.6 Å². The van der Waals surface area contributed by atoms with Gasteiger partial charge in [0.1, 0.15) is 11.9 Å². The Balaban J connectivity index is 2.10. The number of pyridine rings is 1. The van der Waals surface area contributed by atoms with E-state index >= 15 is 0 Å². The van der Waals surface area contributed by atoms with E-state index in [1.54, 1.807) is 24.2 Å². The van der Waals surface area contributed by atoms with Gasteiger partial charge in [-0.3, -0.25) is 4.79 Å². The van der Waals surface area contributed by atoms with E-state index in [1.807, 2.05) is 6.92 Å². The quantitative estimate of drug-likeness (QED) is 0.766. The lowest BCUT2D eigenvalue weighted by molar-refractivity contribution is -0.127. The van der Waals surface area contributed by atoms with Gasteiger partial charge in [0.15, 0.2) is 0 Å². The van der Waals surface area contributed by atoms with Gasteiger partial charge in [-0.2, -0.15) is 0 Å². The van der Waals surface area contributed by atoms with Crippen LogP contribution in [0, 0.1) is 6.92 Å². The number of carbonyl (C=O) groups is 1. The number of likely N-dealkylation sites (N-methyl/N-ethyl adjacent to an activating group) is 1. The molecule has 0 radical (unpaired) electrons. The van der Waals surface area contributed by atoms with Crippen molar-refractivity contribution < 1.29 is 4.79 Å². The number of rotatable bonds is 2. The molecule has 1 aliphatic heterocycles. The van der Waals surface area contributed by atoms with Crippen LogP contribution >= 0.6 is 0 Å². The number of nitrogens with zero attached hydrogens (tertiary/aromatic N) is 2. The van der Waals surface area contributed by atoms with Crippen LogP contribution in [0.4, 0.5) is 11.5 Å². The molecular weight excluding hydrogens is 204 g/mol. The van der Waals surface area contributed by atoms with Crippen molar-refractivity contribution in [3.8, 4) is 0 Å². The number of likely N-dealkylation sites (tertiary alicyclic amines) is 1. The Bertz CT molecular complexity index is 418. The molecule has 1 aromatic heterocycles. The predicted molar refractivity (Wildman–Crippen MR) is 63.1 cm³/mol. The van der Waals surface area contributed by atoms with Gasteiger partial charge in [0.05, 0.1) is 0 Å². The fourth-order valence-corrected chi connectivity index (χ4v) is 1.75. The van der Waals surface area contributed by atoms with Gasteiger partial charge in [-0.1, -0.05) is 0 Å². The number of amides is 1. The van der Waals surface area contributed by atoms with E-state index in [0.29, 0.717) is 11.5 Å². The van der Waals surface area contributed by atoms with Gasteiger partial charge in [-0.15, -0.1) is 0 Å². The maximum absolute atomic E-state index is 11.7. The maximum atomic E-state index is 11.7. The fraction of sp³-hybridized carbons (Fsp3) is 0.455. The number of nitrogens with two attached hydrogens (primary N) is 1. The summed E-state index contributed by atoms with van der Waals surface area (Å²) < 4.78 is 0. The Hall–Kier alpha value is -1.78. The monoisotopic (exact) mass is 220 g/mol. The summed E-state index contributed by atoms with van der Waals surface area (Å²) in [7, 11) is 1.81. The van der Waals surface area contributed by atoms with Gasteiger partial charge in [0.25, 0.3) is 0 Å². The highest BCUT2D eigenvalue weighted by Gasteiger charge is 2.28. The van der Waals surface area contributed by atoms with Gasteiger partial charge in [0.2, 0.25) is 5.91 Å². The van der Waals surface area contributed by atoms with Crippen molar-refractivity contribution in [1.29, 1.82) is 0 Å². The third-order valence-corrected chi connectivity index (χ3v) is 2.89. The standard InChI is InChI=1S/C11H16N4O/c1-7-6-13-10(5-8(7)12)14-9-3-4-15(2)11(9)16/h5-6,9H,3-4H2,1-2H3,(H3,12,13,14). The topological polar surface area (TPSA) is 71.2 Å². The molecule has 5 heteroatoms. The van der Waals surface area contributed by atoms with Gasteiger partial charge in [0, 0.05) is 31.5 Å². The van der Waals surface area contributed by atoms with E-state index in [1.165, 1.54) is 0 Å². The van der Waals surface area contributed by atoms with Crippen molar-refractivity contribution in [2.24, 2.45) is 0 Å². The molecule has 2 rings (SSSR count). The number of hydrogen-bond donors (Lipinski definition) is 2. The number of nitrogen functional groups attached to an aromatic ring is 1. The Morgan fingerprint density at radius 1 is 1.62 bits per heavy atom. The Kier molecular flexibility index (Phi) is 2.68. The van der Waals surface area contributed by atoms with E-state index in [0.717, 1.165) is 18.5 Å². The van der Waals surface area contributed by atoms with Crippen LogP contribution in [0.25, 0.3) is 0 Å². The third-order valence-electron chi connectivity index (χ3n) is 2.89. The van der Waals surface area contributed by atoms with E-state index in [2.05, 4.69) is 10.3 Å². The molecular formula is C11H16N4O. The van der Waals surface area contributed by atoms with E-state index in [-0.39, 0.29) is 11.9 Å². The molecule has 1 fully saturated rings. The van der Waals surface area contributed by atoms with Crippen LogP contribution in [-0.2, 0) is 4.79 Å². The Morgan fingerprint density at radius 2 is 2.38 bits per heavy atom. The summed E-state index contributed by atoms with van der Waals surface area (Å²) >= 11 is 0. The number of aromatic nitrogens is 1. The summed E-state index contributed by atoms with van der Waals surface area (Å²) in [6.07, 6.45) is 2.52. The number of hydrogen-bond acceptors (Lipinski definition) is 4. The van der Waals surface area contributed by atoms with Crippen molar-refractivity contribution >= 4 is 17.4 Å². The van der Waals surface area contributed by atoms with Crippen LogP contribution in [0.1, 0.15) is 12.0 Å². The minimum absolute atomic E-state index is 0.112. The van der Waals surface area contributed by atoms with E-state index < -0.39 is 0 Å². The molecule has 0 saturated carbocycles. The van der Waals surface area contributed by atoms with Crippen molar-refractivity contribution in [3.05, 3.63) is 17.8 Å². The van der Waals surface area contributed by atoms with Crippen LogP contribution in [0.15, 0.2) is 12.3 Å². The normalized spacial score (nSPS) is 20.2. The van der Waals surface area contributed by atoms with Gasteiger partial charge in [-0.05, 0) is 18.9 Å².